The Morgan fingerprint density at radius 2 is 2.11 bits per heavy atom. The summed E-state index contributed by atoms with van der Waals surface area (Å²) in [6.07, 6.45) is 1.71. The quantitative estimate of drug-likeness (QED) is 0.422. The molecule has 0 saturated heterocycles. The molecule has 0 bridgehead atoms. The topological polar surface area (TPSA) is 73.3 Å². The van der Waals surface area contributed by atoms with Gasteiger partial charge in [0.2, 0.25) is 0 Å². The maximum Gasteiger partial charge on any atom is 0.0623 e. The van der Waals surface area contributed by atoms with Crippen LogP contribution in [0.3, 0.4) is 0 Å². The second kappa shape index (κ2) is 6.38. The van der Waals surface area contributed by atoms with Gasteiger partial charge in [0.1, 0.15) is 0 Å². The van der Waals surface area contributed by atoms with Gasteiger partial charge in [0.15, 0.2) is 0 Å². The van der Waals surface area contributed by atoms with Crippen molar-refractivity contribution >= 4 is 17.3 Å². The number of halogens is 1. The number of nitrogen functional groups attached to an aromatic ring is 1. The number of rotatable bonds is 6. The Morgan fingerprint density at radius 3 is 2.61 bits per heavy atom. The molecule has 0 aliphatic rings. The molecule has 4 nitrogen and oxygen atoms in total. The molecule has 5 heteroatoms. The van der Waals surface area contributed by atoms with Gasteiger partial charge in [-0.1, -0.05) is 17.7 Å². The fourth-order valence-corrected chi connectivity index (χ4v) is 1.97. The molecule has 0 radical (unpaired) electrons. The SMILES string of the molecule is COC(C)(C)CCC(NN)c1ccc(Cl)cc1N. The molecule has 1 atom stereocenters. The molecule has 0 amide bonds. The second-order valence-corrected chi connectivity index (χ2v) is 5.43. The van der Waals surface area contributed by atoms with Crippen molar-refractivity contribution in [2.45, 2.75) is 38.3 Å². The summed E-state index contributed by atoms with van der Waals surface area (Å²) in [6.45, 7) is 4.09. The predicted octanol–water partition coefficient (Wildman–Crippen LogP) is 2.63. The van der Waals surface area contributed by atoms with Crippen LogP contribution in [0.25, 0.3) is 0 Å². The number of hydrogen-bond acceptors (Lipinski definition) is 4. The molecule has 0 heterocycles. The lowest BCUT2D eigenvalue weighted by atomic mass is 9.94. The zero-order chi connectivity index (χ0) is 13.8. The highest BCUT2D eigenvalue weighted by Gasteiger charge is 2.20. The maximum absolute atomic E-state index is 5.96. The smallest absolute Gasteiger partial charge is 0.0623 e. The number of hydrazine groups is 1. The van der Waals surface area contributed by atoms with Gasteiger partial charge in [-0.15, -0.1) is 0 Å². The zero-order valence-electron chi connectivity index (χ0n) is 11.2. The minimum Gasteiger partial charge on any atom is -0.398 e. The molecule has 1 aromatic carbocycles. The number of benzene rings is 1. The number of nitrogens with two attached hydrogens (primary N) is 2. The predicted molar refractivity (Wildman–Crippen MR) is 76.3 cm³/mol. The Hall–Kier alpha value is -0.810. The fraction of sp³-hybridized carbons (Fsp3) is 0.538. The van der Waals surface area contributed by atoms with E-state index < -0.39 is 0 Å². The van der Waals surface area contributed by atoms with Crippen LogP contribution in [0.15, 0.2) is 18.2 Å². The lowest BCUT2D eigenvalue weighted by Gasteiger charge is -2.26. The van der Waals surface area contributed by atoms with Gasteiger partial charge in [0.05, 0.1) is 5.60 Å². The molecular formula is C13H22ClN3O. The summed E-state index contributed by atoms with van der Waals surface area (Å²) in [5.41, 5.74) is 10.2. The third kappa shape index (κ3) is 4.14. The second-order valence-electron chi connectivity index (χ2n) is 4.99. The molecule has 1 unspecified atom stereocenters. The first-order chi connectivity index (χ1) is 8.39. The van der Waals surface area contributed by atoms with Crippen LogP contribution in [0.5, 0.6) is 0 Å². The molecule has 0 fully saturated rings. The van der Waals surface area contributed by atoms with E-state index in [0.717, 1.165) is 18.4 Å². The lowest BCUT2D eigenvalue weighted by molar-refractivity contribution is 0.0117. The van der Waals surface area contributed by atoms with Crippen molar-refractivity contribution in [3.8, 4) is 0 Å². The number of methoxy groups -OCH3 is 1. The Labute approximate surface area is 114 Å². The van der Waals surface area contributed by atoms with Crippen molar-refractivity contribution in [2.24, 2.45) is 5.84 Å². The molecule has 1 aromatic rings. The third-order valence-electron chi connectivity index (χ3n) is 3.21. The van der Waals surface area contributed by atoms with E-state index in [2.05, 4.69) is 5.43 Å². The Bertz CT molecular complexity index is 396. The van der Waals surface area contributed by atoms with E-state index in [1.165, 1.54) is 0 Å². The van der Waals surface area contributed by atoms with Crippen molar-refractivity contribution in [3.05, 3.63) is 28.8 Å². The summed E-state index contributed by atoms with van der Waals surface area (Å²) < 4.78 is 5.40. The van der Waals surface area contributed by atoms with Crippen molar-refractivity contribution < 1.29 is 4.74 Å². The molecule has 102 valence electrons. The van der Waals surface area contributed by atoms with Crippen LogP contribution in [0.1, 0.15) is 38.3 Å². The molecule has 18 heavy (non-hydrogen) atoms. The molecule has 0 saturated carbocycles. The summed E-state index contributed by atoms with van der Waals surface area (Å²) >= 11 is 5.89. The number of hydrogen-bond donors (Lipinski definition) is 3. The highest BCUT2D eigenvalue weighted by Crippen LogP contribution is 2.29. The maximum atomic E-state index is 5.96. The Balaban J connectivity index is 2.77. The number of ether oxygens (including phenoxy) is 1. The standard InChI is InChI=1S/C13H22ClN3O/c1-13(2,18-3)7-6-12(17-16)10-5-4-9(14)8-11(10)15/h4-5,8,12,17H,6-7,15-16H2,1-3H3. The monoisotopic (exact) mass is 271 g/mol. The van der Waals surface area contributed by atoms with E-state index in [1.54, 1.807) is 13.2 Å². The van der Waals surface area contributed by atoms with Gasteiger partial charge in [-0.25, -0.2) is 0 Å². The average molecular weight is 272 g/mol. The molecule has 5 N–H and O–H groups in total. The fourth-order valence-electron chi connectivity index (χ4n) is 1.79. The van der Waals surface area contributed by atoms with Crippen molar-refractivity contribution in [3.63, 3.8) is 0 Å². The van der Waals surface area contributed by atoms with Gasteiger partial charge in [-0.2, -0.15) is 0 Å². The van der Waals surface area contributed by atoms with Crippen LogP contribution in [-0.2, 0) is 4.74 Å². The number of anilines is 1. The van der Waals surface area contributed by atoms with Crippen LogP contribution < -0.4 is 17.0 Å². The van der Waals surface area contributed by atoms with Gasteiger partial charge in [-0.05, 0) is 44.4 Å². The van der Waals surface area contributed by atoms with Gasteiger partial charge in [0.25, 0.3) is 0 Å². The van der Waals surface area contributed by atoms with Crippen LogP contribution in [0, 0.1) is 0 Å². The van der Waals surface area contributed by atoms with Gasteiger partial charge in [0, 0.05) is 23.9 Å². The lowest BCUT2D eigenvalue weighted by Crippen LogP contribution is -2.31. The first kappa shape index (κ1) is 15.2. The average Bonchev–Trinajstić information content (AvgIpc) is 2.32. The van der Waals surface area contributed by atoms with Crippen LogP contribution in [0.4, 0.5) is 5.69 Å². The summed E-state index contributed by atoms with van der Waals surface area (Å²) in [5.74, 6) is 5.60. The summed E-state index contributed by atoms with van der Waals surface area (Å²) in [5, 5.41) is 0.629. The van der Waals surface area contributed by atoms with Crippen LogP contribution in [0.2, 0.25) is 5.02 Å². The third-order valence-corrected chi connectivity index (χ3v) is 3.45. The molecule has 0 aromatic heterocycles. The van der Waals surface area contributed by atoms with Crippen LogP contribution in [-0.4, -0.2) is 12.7 Å². The molecular weight excluding hydrogens is 250 g/mol. The zero-order valence-corrected chi connectivity index (χ0v) is 11.9. The minimum atomic E-state index is -0.170. The van der Waals surface area contributed by atoms with Gasteiger partial charge in [-0.3, -0.25) is 11.3 Å². The van der Waals surface area contributed by atoms with E-state index in [4.69, 9.17) is 27.9 Å². The summed E-state index contributed by atoms with van der Waals surface area (Å²) in [6, 6.07) is 5.46. The minimum absolute atomic E-state index is 0.00306. The Morgan fingerprint density at radius 1 is 1.44 bits per heavy atom. The van der Waals surface area contributed by atoms with E-state index >= 15 is 0 Å². The molecule has 0 spiro atoms. The van der Waals surface area contributed by atoms with E-state index in [0.29, 0.717) is 10.7 Å². The van der Waals surface area contributed by atoms with E-state index in [1.807, 2.05) is 26.0 Å². The molecule has 1 rings (SSSR count). The highest BCUT2D eigenvalue weighted by molar-refractivity contribution is 6.30. The summed E-state index contributed by atoms with van der Waals surface area (Å²) in [7, 11) is 1.71. The van der Waals surface area contributed by atoms with Crippen LogP contribution >= 0.6 is 11.6 Å². The van der Waals surface area contributed by atoms with Crippen molar-refractivity contribution in [1.29, 1.82) is 0 Å². The normalized spacial score (nSPS) is 13.6. The van der Waals surface area contributed by atoms with E-state index in [9.17, 15) is 0 Å². The summed E-state index contributed by atoms with van der Waals surface area (Å²) in [4.78, 5) is 0. The largest absolute Gasteiger partial charge is 0.398 e. The van der Waals surface area contributed by atoms with Crippen molar-refractivity contribution in [1.82, 2.24) is 5.43 Å². The van der Waals surface area contributed by atoms with Gasteiger partial charge < -0.3 is 10.5 Å². The Kier molecular flexibility index (Phi) is 5.41. The number of nitrogens with one attached hydrogen (secondary N) is 1. The molecule has 0 aliphatic heterocycles. The van der Waals surface area contributed by atoms with Crippen molar-refractivity contribution in [2.75, 3.05) is 12.8 Å². The van der Waals surface area contributed by atoms with Gasteiger partial charge >= 0.3 is 0 Å². The molecule has 0 aliphatic carbocycles. The highest BCUT2D eigenvalue weighted by atomic mass is 35.5. The first-order valence-electron chi connectivity index (χ1n) is 5.96. The van der Waals surface area contributed by atoms with E-state index in [-0.39, 0.29) is 11.6 Å². The first-order valence-corrected chi connectivity index (χ1v) is 6.33.